The molecule has 0 spiro atoms. The maximum Gasteiger partial charge on any atom is 0.0500 e. The fraction of sp³-hybridized carbons (Fsp3) is 0.625. The number of aliphatic hydroxyl groups is 1. The van der Waals surface area contributed by atoms with Crippen molar-refractivity contribution in [1.82, 2.24) is 0 Å². The molecule has 2 heteroatoms. The van der Waals surface area contributed by atoms with Gasteiger partial charge in [-0.1, -0.05) is 43.7 Å². The van der Waals surface area contributed by atoms with Crippen LogP contribution in [0.5, 0.6) is 0 Å². The molecule has 0 aliphatic carbocycles. The lowest BCUT2D eigenvalue weighted by atomic mass is 9.96. The van der Waals surface area contributed by atoms with Crippen molar-refractivity contribution in [2.75, 3.05) is 19.8 Å². The maximum atomic E-state index is 9.44. The molecule has 0 aliphatic heterocycles. The lowest BCUT2D eigenvalue weighted by Gasteiger charge is -2.15. The van der Waals surface area contributed by atoms with Gasteiger partial charge in [0.25, 0.3) is 0 Å². The van der Waals surface area contributed by atoms with E-state index < -0.39 is 0 Å². The molecule has 1 aromatic carbocycles. The van der Waals surface area contributed by atoms with Crippen molar-refractivity contribution in [3.05, 3.63) is 35.4 Å². The van der Waals surface area contributed by atoms with Crippen molar-refractivity contribution in [2.45, 2.75) is 39.5 Å². The molecule has 0 radical (unpaired) electrons. The molecule has 1 rings (SSSR count). The van der Waals surface area contributed by atoms with Crippen LogP contribution in [-0.2, 0) is 4.74 Å². The van der Waals surface area contributed by atoms with Crippen LogP contribution < -0.4 is 0 Å². The summed E-state index contributed by atoms with van der Waals surface area (Å²) in [5.74, 6) is 0.889. The van der Waals surface area contributed by atoms with E-state index in [2.05, 4.69) is 45.0 Å². The molecule has 1 N–H and O–H groups in total. The van der Waals surface area contributed by atoms with Crippen LogP contribution in [0.25, 0.3) is 0 Å². The number of rotatable bonds is 8. The highest BCUT2D eigenvalue weighted by Crippen LogP contribution is 2.19. The van der Waals surface area contributed by atoms with E-state index in [4.69, 9.17) is 4.74 Å². The Labute approximate surface area is 111 Å². The molecule has 0 aliphatic rings. The largest absolute Gasteiger partial charge is 0.396 e. The molecule has 1 aromatic rings. The smallest absolute Gasteiger partial charge is 0.0500 e. The highest BCUT2D eigenvalue weighted by molar-refractivity contribution is 5.24. The van der Waals surface area contributed by atoms with Gasteiger partial charge in [0.15, 0.2) is 0 Å². The zero-order chi connectivity index (χ0) is 13.4. The zero-order valence-corrected chi connectivity index (χ0v) is 11.9. The van der Waals surface area contributed by atoms with Gasteiger partial charge in [-0.05, 0) is 31.2 Å². The Balaban J connectivity index is 2.31. The third-order valence-electron chi connectivity index (χ3n) is 3.22. The molecule has 0 aromatic heterocycles. The first-order valence-electron chi connectivity index (χ1n) is 6.88. The average Bonchev–Trinajstić information content (AvgIpc) is 2.35. The first-order chi connectivity index (χ1) is 8.63. The summed E-state index contributed by atoms with van der Waals surface area (Å²) >= 11 is 0. The van der Waals surface area contributed by atoms with Crippen LogP contribution in [0.2, 0.25) is 0 Å². The van der Waals surface area contributed by atoms with Gasteiger partial charge in [0.1, 0.15) is 0 Å². The second-order valence-electron chi connectivity index (χ2n) is 5.37. The first-order valence-corrected chi connectivity index (χ1v) is 6.88. The van der Waals surface area contributed by atoms with Crippen molar-refractivity contribution in [3.63, 3.8) is 0 Å². The summed E-state index contributed by atoms with van der Waals surface area (Å²) in [6.07, 6.45) is 1.99. The quantitative estimate of drug-likeness (QED) is 0.715. The van der Waals surface area contributed by atoms with E-state index in [1.165, 1.54) is 11.1 Å². The van der Waals surface area contributed by atoms with Gasteiger partial charge in [-0.3, -0.25) is 0 Å². The molecule has 0 heterocycles. The third kappa shape index (κ3) is 5.65. The number of hydrogen-bond acceptors (Lipinski definition) is 2. The molecule has 1 atom stereocenters. The standard InChI is InChI=1S/C16H26O2/c1-13(2)8-10-18-11-9-16(12-17)15-6-4-14(3)5-7-15/h4-7,13,16-17H,8-12H2,1-3H3. The molecule has 0 saturated carbocycles. The Morgan fingerprint density at radius 1 is 1.06 bits per heavy atom. The summed E-state index contributed by atoms with van der Waals surface area (Å²) in [4.78, 5) is 0. The van der Waals surface area contributed by atoms with Crippen LogP contribution in [0.4, 0.5) is 0 Å². The van der Waals surface area contributed by atoms with Gasteiger partial charge in [-0.2, -0.15) is 0 Å². The van der Waals surface area contributed by atoms with Crippen LogP contribution in [0.15, 0.2) is 24.3 Å². The third-order valence-corrected chi connectivity index (χ3v) is 3.22. The Morgan fingerprint density at radius 2 is 1.67 bits per heavy atom. The highest BCUT2D eigenvalue weighted by Gasteiger charge is 2.10. The van der Waals surface area contributed by atoms with Crippen molar-refractivity contribution in [3.8, 4) is 0 Å². The van der Waals surface area contributed by atoms with Crippen LogP contribution in [-0.4, -0.2) is 24.9 Å². The lowest BCUT2D eigenvalue weighted by Crippen LogP contribution is -2.09. The Kier molecular flexibility index (Phi) is 6.99. The predicted octanol–water partition coefficient (Wildman–Crippen LogP) is 3.52. The number of aliphatic hydroxyl groups excluding tert-OH is 1. The Hall–Kier alpha value is -0.860. The van der Waals surface area contributed by atoms with Crippen molar-refractivity contribution in [2.24, 2.45) is 5.92 Å². The minimum absolute atomic E-state index is 0.191. The van der Waals surface area contributed by atoms with Crippen LogP contribution in [0, 0.1) is 12.8 Å². The summed E-state index contributed by atoms with van der Waals surface area (Å²) in [6, 6.07) is 8.39. The second kappa shape index (κ2) is 8.28. The molecule has 1 unspecified atom stereocenters. The number of hydrogen-bond donors (Lipinski definition) is 1. The molecular formula is C16H26O2. The van der Waals surface area contributed by atoms with E-state index >= 15 is 0 Å². The SMILES string of the molecule is Cc1ccc(C(CO)CCOCCC(C)C)cc1. The van der Waals surface area contributed by atoms with Crippen molar-refractivity contribution in [1.29, 1.82) is 0 Å². The zero-order valence-electron chi connectivity index (χ0n) is 11.9. The van der Waals surface area contributed by atoms with Gasteiger partial charge in [0.2, 0.25) is 0 Å². The monoisotopic (exact) mass is 250 g/mol. The van der Waals surface area contributed by atoms with E-state index in [0.29, 0.717) is 5.92 Å². The van der Waals surface area contributed by atoms with Crippen LogP contribution in [0.3, 0.4) is 0 Å². The molecule has 0 amide bonds. The van der Waals surface area contributed by atoms with Crippen molar-refractivity contribution >= 4 is 0 Å². The number of benzene rings is 1. The summed E-state index contributed by atoms with van der Waals surface area (Å²) in [7, 11) is 0. The fourth-order valence-electron chi connectivity index (χ4n) is 1.85. The van der Waals surface area contributed by atoms with Gasteiger partial charge in [0, 0.05) is 19.1 Å². The number of ether oxygens (including phenoxy) is 1. The molecule has 0 saturated heterocycles. The van der Waals surface area contributed by atoms with E-state index in [1.807, 2.05) is 0 Å². The summed E-state index contributed by atoms with van der Waals surface area (Å²) in [6.45, 7) is 8.22. The van der Waals surface area contributed by atoms with Gasteiger partial charge in [-0.25, -0.2) is 0 Å². The molecular weight excluding hydrogens is 224 g/mol. The van der Waals surface area contributed by atoms with Gasteiger partial charge in [0.05, 0.1) is 6.61 Å². The average molecular weight is 250 g/mol. The molecule has 0 fully saturated rings. The van der Waals surface area contributed by atoms with Gasteiger partial charge >= 0.3 is 0 Å². The Bertz CT molecular complexity index is 316. The molecule has 2 nitrogen and oxygen atoms in total. The predicted molar refractivity (Wildman–Crippen MR) is 75.9 cm³/mol. The molecule has 18 heavy (non-hydrogen) atoms. The fourth-order valence-corrected chi connectivity index (χ4v) is 1.85. The van der Waals surface area contributed by atoms with Gasteiger partial charge in [-0.15, -0.1) is 0 Å². The summed E-state index contributed by atoms with van der Waals surface area (Å²) in [5, 5.41) is 9.44. The minimum Gasteiger partial charge on any atom is -0.396 e. The second-order valence-corrected chi connectivity index (χ2v) is 5.37. The normalized spacial score (nSPS) is 12.9. The van der Waals surface area contributed by atoms with E-state index in [1.54, 1.807) is 0 Å². The highest BCUT2D eigenvalue weighted by atomic mass is 16.5. The van der Waals surface area contributed by atoms with E-state index in [0.717, 1.165) is 26.1 Å². The lowest BCUT2D eigenvalue weighted by molar-refractivity contribution is 0.110. The maximum absolute atomic E-state index is 9.44. The summed E-state index contributed by atoms with van der Waals surface area (Å²) in [5.41, 5.74) is 2.46. The summed E-state index contributed by atoms with van der Waals surface area (Å²) < 4.78 is 5.61. The van der Waals surface area contributed by atoms with E-state index in [-0.39, 0.29) is 12.5 Å². The molecule has 102 valence electrons. The van der Waals surface area contributed by atoms with E-state index in [9.17, 15) is 5.11 Å². The minimum atomic E-state index is 0.191. The Morgan fingerprint density at radius 3 is 2.22 bits per heavy atom. The molecule has 0 bridgehead atoms. The topological polar surface area (TPSA) is 29.5 Å². The van der Waals surface area contributed by atoms with Crippen molar-refractivity contribution < 1.29 is 9.84 Å². The number of aryl methyl sites for hydroxylation is 1. The van der Waals surface area contributed by atoms with Crippen LogP contribution >= 0.6 is 0 Å². The van der Waals surface area contributed by atoms with Gasteiger partial charge < -0.3 is 9.84 Å². The first kappa shape index (κ1) is 15.2. The van der Waals surface area contributed by atoms with Crippen LogP contribution in [0.1, 0.15) is 43.7 Å².